The molecule has 0 amide bonds. The van der Waals surface area contributed by atoms with Crippen LogP contribution in [0.15, 0.2) is 79.0 Å². The molecule has 4 rings (SSSR count). The molecule has 0 aliphatic carbocycles. The Hall–Kier alpha value is -2.67. The van der Waals surface area contributed by atoms with Crippen molar-refractivity contribution in [2.75, 3.05) is 0 Å². The maximum Gasteiger partial charge on any atom is 0.0708 e. The van der Waals surface area contributed by atoms with Crippen LogP contribution in [0, 0.1) is 0 Å². The van der Waals surface area contributed by atoms with Gasteiger partial charge in [0.15, 0.2) is 0 Å². The van der Waals surface area contributed by atoms with Crippen molar-refractivity contribution in [2.45, 2.75) is 0 Å². The van der Waals surface area contributed by atoms with Gasteiger partial charge in [-0.05, 0) is 28.6 Å². The molecule has 3 aromatic carbocycles. The molecule has 1 heterocycles. The van der Waals surface area contributed by atoms with E-state index in [-0.39, 0.29) is 0 Å². The van der Waals surface area contributed by atoms with Crippen LogP contribution in [-0.2, 0) is 0 Å². The summed E-state index contributed by atoms with van der Waals surface area (Å²) >= 11 is 0. The van der Waals surface area contributed by atoms with Gasteiger partial charge in [-0.25, -0.2) is 0 Å². The fourth-order valence-electron chi connectivity index (χ4n) is 2.67. The van der Waals surface area contributed by atoms with Crippen molar-refractivity contribution in [3.8, 4) is 11.1 Å². The van der Waals surface area contributed by atoms with Gasteiger partial charge in [0.25, 0.3) is 0 Å². The topological polar surface area (TPSA) is 12.9 Å². The number of rotatable bonds is 1. The maximum absolute atomic E-state index is 4.51. The van der Waals surface area contributed by atoms with Gasteiger partial charge in [0, 0.05) is 17.0 Å². The van der Waals surface area contributed by atoms with E-state index in [0.29, 0.717) is 0 Å². The van der Waals surface area contributed by atoms with Crippen molar-refractivity contribution < 1.29 is 0 Å². The number of aromatic nitrogens is 1. The Labute approximate surface area is 117 Å². The van der Waals surface area contributed by atoms with Gasteiger partial charge in [-0.1, -0.05) is 60.7 Å². The first kappa shape index (κ1) is 11.2. The molecule has 1 nitrogen and oxygen atoms in total. The predicted molar refractivity (Wildman–Crippen MR) is 84.7 cm³/mol. The van der Waals surface area contributed by atoms with E-state index in [1.165, 1.54) is 27.3 Å². The molecular formula is C19H13N. The number of para-hydroxylation sites is 1. The summed E-state index contributed by atoms with van der Waals surface area (Å²) in [6, 6.07) is 25.3. The van der Waals surface area contributed by atoms with Crippen molar-refractivity contribution in [1.82, 2.24) is 4.98 Å². The molecule has 0 aliphatic rings. The van der Waals surface area contributed by atoms with E-state index in [4.69, 9.17) is 0 Å². The first-order valence-electron chi connectivity index (χ1n) is 6.75. The van der Waals surface area contributed by atoms with E-state index in [2.05, 4.69) is 65.6 Å². The highest BCUT2D eigenvalue weighted by atomic mass is 14.6. The minimum atomic E-state index is 1.05. The minimum Gasteiger partial charge on any atom is -0.256 e. The summed E-state index contributed by atoms with van der Waals surface area (Å²) in [5, 5.41) is 3.66. The largest absolute Gasteiger partial charge is 0.256 e. The van der Waals surface area contributed by atoms with Gasteiger partial charge in [0.2, 0.25) is 0 Å². The van der Waals surface area contributed by atoms with Crippen LogP contribution in [0.1, 0.15) is 0 Å². The SMILES string of the molecule is c1ccc(-c2ccc3cnc4ccccc4c3c2)cc1. The molecule has 0 fully saturated rings. The second-order valence-corrected chi connectivity index (χ2v) is 4.94. The summed E-state index contributed by atoms with van der Waals surface area (Å²) in [5.41, 5.74) is 3.54. The lowest BCUT2D eigenvalue weighted by molar-refractivity contribution is 1.44. The van der Waals surface area contributed by atoms with E-state index in [0.717, 1.165) is 5.52 Å². The normalized spacial score (nSPS) is 11.0. The highest BCUT2D eigenvalue weighted by Crippen LogP contribution is 2.28. The molecular weight excluding hydrogens is 242 g/mol. The molecule has 0 bridgehead atoms. The average Bonchev–Trinajstić information content (AvgIpc) is 2.55. The van der Waals surface area contributed by atoms with Crippen molar-refractivity contribution in [3.05, 3.63) is 79.0 Å². The summed E-state index contributed by atoms with van der Waals surface area (Å²) < 4.78 is 0. The fraction of sp³-hybridized carbons (Fsp3) is 0. The zero-order valence-corrected chi connectivity index (χ0v) is 11.0. The second kappa shape index (κ2) is 4.46. The number of pyridine rings is 1. The van der Waals surface area contributed by atoms with Crippen LogP contribution in [0.3, 0.4) is 0 Å². The monoisotopic (exact) mass is 255 g/mol. The second-order valence-electron chi connectivity index (χ2n) is 4.94. The smallest absolute Gasteiger partial charge is 0.0708 e. The van der Waals surface area contributed by atoms with Gasteiger partial charge in [0.1, 0.15) is 0 Å². The molecule has 0 saturated carbocycles. The first-order valence-corrected chi connectivity index (χ1v) is 6.75. The van der Waals surface area contributed by atoms with Crippen LogP contribution in [0.25, 0.3) is 32.8 Å². The van der Waals surface area contributed by atoms with E-state index < -0.39 is 0 Å². The van der Waals surface area contributed by atoms with E-state index in [1.54, 1.807) is 0 Å². The van der Waals surface area contributed by atoms with Crippen LogP contribution >= 0.6 is 0 Å². The van der Waals surface area contributed by atoms with E-state index in [9.17, 15) is 0 Å². The number of fused-ring (bicyclic) bond motifs is 3. The van der Waals surface area contributed by atoms with Crippen molar-refractivity contribution in [2.24, 2.45) is 0 Å². The maximum atomic E-state index is 4.51. The van der Waals surface area contributed by atoms with Crippen LogP contribution < -0.4 is 0 Å². The molecule has 0 saturated heterocycles. The third-order valence-electron chi connectivity index (χ3n) is 3.70. The molecule has 0 radical (unpaired) electrons. The minimum absolute atomic E-state index is 1.05. The number of nitrogens with zero attached hydrogens (tertiary/aromatic N) is 1. The van der Waals surface area contributed by atoms with Crippen LogP contribution in [0.5, 0.6) is 0 Å². The standard InChI is InChI=1S/C19H13N/c1-2-6-14(7-3-1)15-10-11-16-13-20-19-9-5-4-8-17(19)18(16)12-15/h1-13H. The third kappa shape index (κ3) is 1.76. The highest BCUT2D eigenvalue weighted by Gasteiger charge is 2.03. The van der Waals surface area contributed by atoms with Crippen LogP contribution in [0.4, 0.5) is 0 Å². The molecule has 20 heavy (non-hydrogen) atoms. The summed E-state index contributed by atoms with van der Waals surface area (Å²) in [6.45, 7) is 0. The lowest BCUT2D eigenvalue weighted by Gasteiger charge is -2.06. The lowest BCUT2D eigenvalue weighted by atomic mass is 10.00. The lowest BCUT2D eigenvalue weighted by Crippen LogP contribution is -1.83. The molecule has 94 valence electrons. The number of benzene rings is 3. The van der Waals surface area contributed by atoms with Gasteiger partial charge >= 0.3 is 0 Å². The molecule has 0 spiro atoms. The number of hydrogen-bond donors (Lipinski definition) is 0. The van der Waals surface area contributed by atoms with Gasteiger partial charge in [0.05, 0.1) is 5.52 Å². The van der Waals surface area contributed by atoms with Gasteiger partial charge in [-0.3, -0.25) is 4.98 Å². The molecule has 0 N–H and O–H groups in total. The third-order valence-corrected chi connectivity index (χ3v) is 3.70. The molecule has 1 heteroatoms. The van der Waals surface area contributed by atoms with Crippen molar-refractivity contribution >= 4 is 21.7 Å². The van der Waals surface area contributed by atoms with Crippen molar-refractivity contribution in [1.29, 1.82) is 0 Å². The highest BCUT2D eigenvalue weighted by molar-refractivity contribution is 6.06. The van der Waals surface area contributed by atoms with E-state index >= 15 is 0 Å². The van der Waals surface area contributed by atoms with Crippen molar-refractivity contribution in [3.63, 3.8) is 0 Å². The predicted octanol–water partition coefficient (Wildman–Crippen LogP) is 5.06. The summed E-state index contributed by atoms with van der Waals surface area (Å²) in [6.07, 6.45) is 1.95. The quantitative estimate of drug-likeness (QED) is 0.433. The number of hydrogen-bond acceptors (Lipinski definition) is 1. The van der Waals surface area contributed by atoms with Crippen LogP contribution in [0.2, 0.25) is 0 Å². The van der Waals surface area contributed by atoms with Gasteiger partial charge in [-0.2, -0.15) is 0 Å². The average molecular weight is 255 g/mol. The Morgan fingerprint density at radius 2 is 1.40 bits per heavy atom. The summed E-state index contributed by atoms with van der Waals surface area (Å²) in [7, 11) is 0. The molecule has 0 aliphatic heterocycles. The Morgan fingerprint density at radius 1 is 0.600 bits per heavy atom. The molecule has 0 atom stereocenters. The Bertz CT molecular complexity index is 895. The zero-order chi connectivity index (χ0) is 13.4. The van der Waals surface area contributed by atoms with E-state index in [1.807, 2.05) is 18.3 Å². The Kier molecular flexibility index (Phi) is 2.49. The fourth-order valence-corrected chi connectivity index (χ4v) is 2.67. The van der Waals surface area contributed by atoms with Gasteiger partial charge < -0.3 is 0 Å². The summed E-state index contributed by atoms with van der Waals surface area (Å²) in [5.74, 6) is 0. The molecule has 1 aromatic heterocycles. The van der Waals surface area contributed by atoms with Gasteiger partial charge in [-0.15, -0.1) is 0 Å². The van der Waals surface area contributed by atoms with Crippen LogP contribution in [-0.4, -0.2) is 4.98 Å². The summed E-state index contributed by atoms with van der Waals surface area (Å²) in [4.78, 5) is 4.51. The zero-order valence-electron chi connectivity index (χ0n) is 11.0. The molecule has 0 unspecified atom stereocenters. The first-order chi connectivity index (χ1) is 9.92. The molecule has 4 aromatic rings. The Morgan fingerprint density at radius 3 is 2.30 bits per heavy atom. The Balaban J connectivity index is 2.05.